The van der Waals surface area contributed by atoms with Gasteiger partial charge in [-0.25, -0.2) is 21.1 Å². The van der Waals surface area contributed by atoms with Crippen molar-refractivity contribution in [3.05, 3.63) is 180 Å². The third-order valence-corrected chi connectivity index (χ3v) is 26.6. The molecule has 6 N–H and O–H groups in total. The van der Waals surface area contributed by atoms with Gasteiger partial charge in [0.2, 0.25) is 37.8 Å². The molecule has 10 heterocycles. The molecule has 10 aromatic rings. The van der Waals surface area contributed by atoms with E-state index in [1.165, 1.54) is 78.3 Å². The number of amides is 3. The van der Waals surface area contributed by atoms with Gasteiger partial charge in [-0.1, -0.05) is 91.0 Å². The zero-order chi connectivity index (χ0) is 78.9. The number of aliphatic hydroxyl groups is 1. The number of aliphatic hydroxyl groups excluding tert-OH is 1. The fourth-order valence-corrected chi connectivity index (χ4v) is 20.5. The van der Waals surface area contributed by atoms with Crippen LogP contribution in [-0.2, 0) is 50.7 Å². The van der Waals surface area contributed by atoms with Gasteiger partial charge in [0, 0.05) is 213 Å². The number of likely N-dealkylation sites (tertiary alicyclic amines) is 3. The lowest BCUT2D eigenvalue weighted by Gasteiger charge is -2.43. The van der Waals surface area contributed by atoms with Crippen molar-refractivity contribution in [1.29, 1.82) is 0 Å². The molecule has 15 rings (SSSR count). The van der Waals surface area contributed by atoms with E-state index in [1.54, 1.807) is 29.4 Å². The van der Waals surface area contributed by atoms with Crippen LogP contribution < -0.4 is 0 Å². The number of nitrogens with zero attached hydrogens (tertiary/aromatic N) is 9. The number of sulfonamides is 2. The molecule has 4 atom stereocenters. The van der Waals surface area contributed by atoms with Gasteiger partial charge in [-0.05, 0) is 191 Å². The molecule has 0 spiro atoms. The molecule has 3 amide bonds. The molecule has 0 bridgehead atoms. The highest BCUT2D eigenvalue weighted by Crippen LogP contribution is 2.44. The molecule has 5 aromatic heterocycles. The molecule has 22 nitrogen and oxygen atoms in total. The minimum atomic E-state index is -3.16. The van der Waals surface area contributed by atoms with Gasteiger partial charge in [-0.15, -0.1) is 0 Å². The Morgan fingerprint density at radius 3 is 1.09 bits per heavy atom. The normalized spacial score (nSPS) is 20.5. The van der Waals surface area contributed by atoms with E-state index in [1.807, 2.05) is 59.3 Å². The molecule has 5 aromatic carbocycles. The second kappa shape index (κ2) is 35.7. The number of piperidine rings is 5. The predicted molar refractivity (Wildman–Crippen MR) is 447 cm³/mol. The third-order valence-electron chi connectivity index (χ3n) is 24.0. The number of aromatic nitrogens is 5. The number of carbonyl (C=O) groups is 3. The van der Waals surface area contributed by atoms with Crippen molar-refractivity contribution in [2.75, 3.05) is 154 Å². The molecular weight excluding hydrogens is 1420 g/mol. The summed E-state index contributed by atoms with van der Waals surface area (Å²) < 4.78 is 51.1. The number of H-pyrrole nitrogens is 5. The predicted octanol–water partition coefficient (Wildman–Crippen LogP) is 11.7. The Hall–Kier alpha value is -8.17. The quantitative estimate of drug-likeness (QED) is 0.0529. The molecule has 0 aliphatic carbocycles. The average Bonchev–Trinajstić information content (AvgIpc) is 1.61. The Labute approximate surface area is 652 Å². The zero-order valence-corrected chi connectivity index (χ0v) is 68.8. The summed E-state index contributed by atoms with van der Waals surface area (Å²) >= 11 is 0. The van der Waals surface area contributed by atoms with Crippen molar-refractivity contribution in [2.24, 2.45) is 0 Å². The fourth-order valence-electron chi connectivity index (χ4n) is 18.6. The van der Waals surface area contributed by atoms with Crippen LogP contribution in [0, 0.1) is 0 Å². The fraction of sp³-hybridized carbons (Fsp3) is 0.500. The van der Waals surface area contributed by atoms with E-state index in [2.05, 4.69) is 209 Å². The van der Waals surface area contributed by atoms with E-state index in [-0.39, 0.29) is 46.6 Å². The first-order valence-corrected chi connectivity index (χ1v) is 42.8. The number of hydrogen-bond acceptors (Lipinski definition) is 12. The summed E-state index contributed by atoms with van der Waals surface area (Å²) in [4.78, 5) is 66.4. The molecular formula is C86H120N14O8S2. The number of fused-ring (bicyclic) bond motifs is 5. The Kier molecular flexibility index (Phi) is 26.8. The number of benzene rings is 5. The molecule has 24 heteroatoms. The number of likely N-dealkylation sites (N-methyl/N-ethyl adjacent to an activating group) is 4. The van der Waals surface area contributed by atoms with Crippen LogP contribution in [-0.4, -0.2) is 274 Å². The van der Waals surface area contributed by atoms with Crippen LogP contribution in [0.1, 0.15) is 125 Å². The number of para-hydroxylation sites is 5. The van der Waals surface area contributed by atoms with E-state index in [0.717, 1.165) is 140 Å². The maximum atomic E-state index is 12.1. The van der Waals surface area contributed by atoms with E-state index in [9.17, 15) is 36.3 Å². The standard InChI is InChI=1S/2C18H25N3O.2C17H25N3O2S.C16H20N2O2/c1-14(22)21-10-8-18(9-11-21,13-20(2)3)16-12-19-17-7-5-4-6-15(16)17;1-13(22)21-9-8-14(10-15(21)12-20(2)3)17-11-19-18-7-5-4-6-16(17)18;1-19(2)13-17(8-10-20(11-9-17)23(3,21)22)15-12-18-16-7-5-4-6-14(15)16;1-19(2)12-14-10-13(8-9-20(14)23(3,21)22)16-11-18-17-7-5-4-6-15(16)17;1-12(20)18-8-6-16(11-19,7-9-18)14-10-17-15-5-3-2-4-13(14)15/h4-7,12,19H,8-11,13H2,1-3H3;4-7,11,14-15,19H,8-10,12H2,1-3H3;4-7,12,18H,8-11,13H2,1-3H3;4-7,11,13-14,18H,8-10,12H2,1-3H3;2-5,10,17,19H,6-9,11H2,1H3. The lowest BCUT2D eigenvalue weighted by Crippen LogP contribution is -2.49. The topological polar surface area (TPSA) is 248 Å². The second-order valence-electron chi connectivity index (χ2n) is 32.8. The van der Waals surface area contributed by atoms with E-state index >= 15 is 0 Å². The maximum Gasteiger partial charge on any atom is 0.219 e. The second-order valence-corrected chi connectivity index (χ2v) is 36.8. The van der Waals surface area contributed by atoms with Crippen LogP contribution in [0.5, 0.6) is 0 Å². The summed E-state index contributed by atoms with van der Waals surface area (Å²) in [6, 6.07) is 42.2. The van der Waals surface area contributed by atoms with Gasteiger partial charge in [-0.2, -0.15) is 4.31 Å². The van der Waals surface area contributed by atoms with Gasteiger partial charge >= 0.3 is 0 Å². The Morgan fingerprint density at radius 1 is 0.409 bits per heavy atom. The van der Waals surface area contributed by atoms with E-state index < -0.39 is 20.0 Å². The van der Waals surface area contributed by atoms with Crippen molar-refractivity contribution < 1.29 is 36.3 Å². The molecule has 5 saturated heterocycles. The summed E-state index contributed by atoms with van der Waals surface area (Å²) in [5.41, 5.74) is 12.3. The molecule has 0 saturated carbocycles. The minimum absolute atomic E-state index is 0.00963. The molecule has 594 valence electrons. The van der Waals surface area contributed by atoms with Crippen molar-refractivity contribution in [1.82, 2.24) is 67.8 Å². The Morgan fingerprint density at radius 2 is 0.736 bits per heavy atom. The van der Waals surface area contributed by atoms with Gasteiger partial charge < -0.3 is 64.3 Å². The monoisotopic (exact) mass is 1540 g/mol. The zero-order valence-electron chi connectivity index (χ0n) is 67.2. The minimum Gasteiger partial charge on any atom is -0.395 e. The maximum absolute atomic E-state index is 12.1. The summed E-state index contributed by atoms with van der Waals surface area (Å²) in [7, 11) is 10.3. The van der Waals surface area contributed by atoms with Crippen LogP contribution in [0.25, 0.3) is 54.5 Å². The summed E-state index contributed by atoms with van der Waals surface area (Å²) in [6.07, 6.45) is 22.4. The number of nitrogens with one attached hydrogen (secondary N) is 5. The highest BCUT2D eigenvalue weighted by molar-refractivity contribution is 7.88. The summed E-state index contributed by atoms with van der Waals surface area (Å²) in [5.74, 6) is 1.43. The van der Waals surface area contributed by atoms with E-state index in [4.69, 9.17) is 0 Å². The van der Waals surface area contributed by atoms with Gasteiger partial charge in [0.15, 0.2) is 0 Å². The number of aromatic amines is 5. The van der Waals surface area contributed by atoms with Gasteiger partial charge in [0.1, 0.15) is 0 Å². The SMILES string of the molecule is CC(=O)N1CCC(CN(C)C)(c2c[nH]c3ccccc23)CC1.CC(=O)N1CCC(CO)(c2c[nH]c3ccccc23)CC1.CC(=O)N1CCC(c2c[nH]c3ccccc23)CC1CN(C)C.CN(C)CC1(c2c[nH]c3ccccc23)CCN(S(C)(=O)=O)CC1.CN(C)CC1CC(c2c[nH]c3ccccc23)CCN1S(C)(=O)=O. The first-order chi connectivity index (χ1) is 52.4. The molecule has 4 unspecified atom stereocenters. The number of rotatable bonds is 16. The van der Waals surface area contributed by atoms with Crippen LogP contribution in [0.4, 0.5) is 0 Å². The first kappa shape index (κ1) is 82.8. The smallest absolute Gasteiger partial charge is 0.219 e. The summed E-state index contributed by atoms with van der Waals surface area (Å²) in [6.45, 7) is 14.5. The van der Waals surface area contributed by atoms with Gasteiger partial charge in [0.25, 0.3) is 0 Å². The molecule has 5 aliphatic rings. The lowest BCUT2D eigenvalue weighted by molar-refractivity contribution is -0.133. The van der Waals surface area contributed by atoms with Crippen LogP contribution >= 0.6 is 0 Å². The van der Waals surface area contributed by atoms with Crippen LogP contribution in [0.3, 0.4) is 0 Å². The van der Waals surface area contributed by atoms with Crippen LogP contribution in [0.15, 0.2) is 152 Å². The first-order valence-electron chi connectivity index (χ1n) is 39.1. The highest BCUT2D eigenvalue weighted by atomic mass is 32.2. The third kappa shape index (κ3) is 19.3. The Bertz CT molecular complexity index is 4950. The largest absolute Gasteiger partial charge is 0.395 e. The van der Waals surface area contributed by atoms with E-state index in [0.29, 0.717) is 37.5 Å². The van der Waals surface area contributed by atoms with Gasteiger partial charge in [-0.3, -0.25) is 14.4 Å². The lowest BCUT2D eigenvalue weighted by atomic mass is 9.72. The van der Waals surface area contributed by atoms with Crippen molar-refractivity contribution in [3.8, 4) is 0 Å². The van der Waals surface area contributed by atoms with Crippen molar-refractivity contribution >= 4 is 92.3 Å². The average molecular weight is 1540 g/mol. The molecule has 5 fully saturated rings. The van der Waals surface area contributed by atoms with Crippen molar-refractivity contribution in [3.63, 3.8) is 0 Å². The number of carbonyl (C=O) groups excluding carboxylic acids is 3. The van der Waals surface area contributed by atoms with Crippen LogP contribution in [0.2, 0.25) is 0 Å². The van der Waals surface area contributed by atoms with Crippen molar-refractivity contribution in [2.45, 2.75) is 125 Å². The molecule has 0 radical (unpaired) electrons. The Balaban J connectivity index is 0.000000136. The number of hydrogen-bond donors (Lipinski definition) is 6. The molecule has 110 heavy (non-hydrogen) atoms. The highest BCUT2D eigenvalue weighted by Gasteiger charge is 2.43. The molecule has 5 aliphatic heterocycles. The van der Waals surface area contributed by atoms with Gasteiger partial charge in [0.05, 0.1) is 19.1 Å². The summed E-state index contributed by atoms with van der Waals surface area (Å²) in [5, 5.41) is 16.3.